The van der Waals surface area contributed by atoms with Gasteiger partial charge < -0.3 is 9.84 Å². The number of likely N-dealkylation sites (N-methyl/N-ethyl adjacent to an activating group) is 1. The van der Waals surface area contributed by atoms with Gasteiger partial charge in [-0.2, -0.15) is 4.98 Å². The van der Waals surface area contributed by atoms with Crippen molar-refractivity contribution in [3.8, 4) is 0 Å². The van der Waals surface area contributed by atoms with Gasteiger partial charge in [-0.1, -0.05) is 5.16 Å². The lowest BCUT2D eigenvalue weighted by atomic mass is 10.2. The average Bonchev–Trinajstić information content (AvgIpc) is 3.02. The van der Waals surface area contributed by atoms with E-state index >= 15 is 0 Å². The topological polar surface area (TPSA) is 57.4 Å². The summed E-state index contributed by atoms with van der Waals surface area (Å²) < 4.78 is 5.47. The quantitative estimate of drug-likeness (QED) is 0.891. The van der Waals surface area contributed by atoms with Crippen molar-refractivity contribution in [2.24, 2.45) is 0 Å². The van der Waals surface area contributed by atoms with E-state index in [-0.39, 0.29) is 6.04 Å². The highest BCUT2D eigenvalue weighted by Crippen LogP contribution is 2.25. The third kappa shape index (κ3) is 2.73. The van der Waals surface area contributed by atoms with Gasteiger partial charge in [-0.25, -0.2) is 0 Å². The Kier molecular flexibility index (Phi) is 4.05. The molecule has 20 heavy (non-hydrogen) atoms. The molecule has 2 fully saturated rings. The van der Waals surface area contributed by atoms with Crippen LogP contribution in [0.4, 0.5) is 0 Å². The lowest BCUT2D eigenvalue weighted by molar-refractivity contribution is 0.176. The number of hydrogen-bond donors (Lipinski definition) is 1. The zero-order chi connectivity index (χ0) is 14.1. The fourth-order valence-electron chi connectivity index (χ4n) is 3.28. The van der Waals surface area contributed by atoms with Crippen molar-refractivity contribution in [2.45, 2.75) is 51.4 Å². The minimum atomic E-state index is 0.231. The maximum Gasteiger partial charge on any atom is 0.240 e. The second kappa shape index (κ2) is 5.79. The maximum atomic E-state index is 5.47. The van der Waals surface area contributed by atoms with E-state index in [0.29, 0.717) is 12.1 Å². The average molecular weight is 279 g/mol. The summed E-state index contributed by atoms with van der Waals surface area (Å²) in [7, 11) is 2.12. The number of nitrogens with one attached hydrogen (secondary N) is 1. The molecule has 6 nitrogen and oxygen atoms in total. The Labute approximate surface area is 120 Å². The van der Waals surface area contributed by atoms with Crippen molar-refractivity contribution in [1.29, 1.82) is 0 Å². The van der Waals surface area contributed by atoms with Crippen LogP contribution < -0.4 is 5.32 Å². The van der Waals surface area contributed by atoms with Crippen molar-refractivity contribution in [1.82, 2.24) is 25.3 Å². The molecular weight excluding hydrogens is 254 g/mol. The lowest BCUT2D eigenvalue weighted by Crippen LogP contribution is -2.44. The van der Waals surface area contributed by atoms with Gasteiger partial charge in [0.05, 0.1) is 12.6 Å². The van der Waals surface area contributed by atoms with E-state index in [4.69, 9.17) is 4.52 Å². The number of aromatic nitrogens is 2. The second-order valence-corrected chi connectivity index (χ2v) is 6.19. The molecule has 3 rings (SSSR count). The van der Waals surface area contributed by atoms with Crippen LogP contribution in [-0.4, -0.2) is 58.7 Å². The first-order valence-electron chi connectivity index (χ1n) is 7.64. The summed E-state index contributed by atoms with van der Waals surface area (Å²) in [6, 6.07) is 1.45. The van der Waals surface area contributed by atoms with E-state index in [9.17, 15) is 0 Å². The second-order valence-electron chi connectivity index (χ2n) is 6.19. The first kappa shape index (κ1) is 14.0. The van der Waals surface area contributed by atoms with Gasteiger partial charge in [-0.05, 0) is 33.7 Å². The van der Waals surface area contributed by atoms with Gasteiger partial charge in [0, 0.05) is 31.7 Å². The van der Waals surface area contributed by atoms with Gasteiger partial charge in [0.25, 0.3) is 0 Å². The van der Waals surface area contributed by atoms with Crippen molar-refractivity contribution in [2.75, 3.05) is 26.7 Å². The Bertz CT molecular complexity index is 439. The van der Waals surface area contributed by atoms with E-state index in [0.717, 1.165) is 37.9 Å². The molecule has 0 saturated carbocycles. The molecule has 0 spiro atoms. The molecule has 0 amide bonds. The molecule has 1 aromatic heterocycles. The van der Waals surface area contributed by atoms with Crippen LogP contribution in [-0.2, 0) is 6.54 Å². The SMILES string of the molecule is CC1CCC(C)N1Cc1nc(C2CNCCN2C)no1. The summed E-state index contributed by atoms with van der Waals surface area (Å²) in [5.74, 6) is 1.56. The summed E-state index contributed by atoms with van der Waals surface area (Å²) in [5.41, 5.74) is 0. The van der Waals surface area contributed by atoms with Crippen LogP contribution >= 0.6 is 0 Å². The Balaban J connectivity index is 1.67. The molecular formula is C14H25N5O. The normalized spacial score (nSPS) is 32.9. The van der Waals surface area contributed by atoms with E-state index in [1.807, 2.05) is 0 Å². The van der Waals surface area contributed by atoms with Crippen molar-refractivity contribution < 1.29 is 4.52 Å². The van der Waals surface area contributed by atoms with Gasteiger partial charge >= 0.3 is 0 Å². The molecule has 112 valence electrons. The number of hydrogen-bond acceptors (Lipinski definition) is 6. The molecule has 2 aliphatic heterocycles. The molecule has 0 aliphatic carbocycles. The lowest BCUT2D eigenvalue weighted by Gasteiger charge is -2.30. The summed E-state index contributed by atoms with van der Waals surface area (Å²) >= 11 is 0. The zero-order valence-corrected chi connectivity index (χ0v) is 12.7. The van der Waals surface area contributed by atoms with Gasteiger partial charge in [-0.3, -0.25) is 9.80 Å². The largest absolute Gasteiger partial charge is 0.338 e. The zero-order valence-electron chi connectivity index (χ0n) is 12.7. The predicted octanol–water partition coefficient (Wildman–Crippen LogP) is 1.02. The van der Waals surface area contributed by atoms with E-state index in [2.05, 4.69) is 46.2 Å². The highest BCUT2D eigenvalue weighted by atomic mass is 16.5. The molecule has 0 bridgehead atoms. The Morgan fingerprint density at radius 1 is 1.30 bits per heavy atom. The molecule has 3 atom stereocenters. The third-order valence-electron chi connectivity index (χ3n) is 4.75. The molecule has 2 saturated heterocycles. The first-order valence-corrected chi connectivity index (χ1v) is 7.64. The molecule has 1 N–H and O–H groups in total. The summed E-state index contributed by atoms with van der Waals surface area (Å²) in [4.78, 5) is 9.36. The van der Waals surface area contributed by atoms with Crippen LogP contribution in [0.25, 0.3) is 0 Å². The first-order chi connectivity index (χ1) is 9.65. The Morgan fingerprint density at radius 2 is 2.05 bits per heavy atom. The molecule has 1 aromatic rings. The number of piperazine rings is 1. The van der Waals surface area contributed by atoms with Crippen LogP contribution in [0.1, 0.15) is 44.4 Å². The molecule has 6 heteroatoms. The van der Waals surface area contributed by atoms with Crippen LogP contribution in [0.15, 0.2) is 4.52 Å². The number of likely N-dealkylation sites (tertiary alicyclic amines) is 1. The van der Waals surface area contributed by atoms with Crippen LogP contribution in [0.5, 0.6) is 0 Å². The fourth-order valence-corrected chi connectivity index (χ4v) is 3.28. The van der Waals surface area contributed by atoms with Crippen molar-refractivity contribution >= 4 is 0 Å². The third-order valence-corrected chi connectivity index (χ3v) is 4.75. The van der Waals surface area contributed by atoms with Crippen LogP contribution in [0.2, 0.25) is 0 Å². The van der Waals surface area contributed by atoms with Crippen molar-refractivity contribution in [3.63, 3.8) is 0 Å². The maximum absolute atomic E-state index is 5.47. The van der Waals surface area contributed by atoms with Gasteiger partial charge in [0.2, 0.25) is 5.89 Å². The number of rotatable bonds is 3. The minimum absolute atomic E-state index is 0.231. The Hall–Kier alpha value is -0.980. The number of nitrogens with zero attached hydrogens (tertiary/aromatic N) is 4. The van der Waals surface area contributed by atoms with Gasteiger partial charge in [0.15, 0.2) is 5.82 Å². The van der Waals surface area contributed by atoms with E-state index in [1.54, 1.807) is 0 Å². The standard InChI is InChI=1S/C14H25N5O/c1-10-4-5-11(2)19(10)9-13-16-14(17-20-13)12-8-15-6-7-18(12)3/h10-12,15H,4-9H2,1-3H3. The summed E-state index contributed by atoms with van der Waals surface area (Å²) in [5, 5.41) is 7.57. The molecule has 0 radical (unpaired) electrons. The molecule has 3 unspecified atom stereocenters. The molecule has 3 heterocycles. The highest BCUT2D eigenvalue weighted by Gasteiger charge is 2.30. The summed E-state index contributed by atoms with van der Waals surface area (Å²) in [6.07, 6.45) is 2.52. The highest BCUT2D eigenvalue weighted by molar-refractivity contribution is 4.98. The predicted molar refractivity (Wildman–Crippen MR) is 76.2 cm³/mol. The summed E-state index contributed by atoms with van der Waals surface area (Å²) in [6.45, 7) is 8.28. The minimum Gasteiger partial charge on any atom is -0.338 e. The smallest absolute Gasteiger partial charge is 0.240 e. The van der Waals surface area contributed by atoms with Gasteiger partial charge in [-0.15, -0.1) is 0 Å². The Morgan fingerprint density at radius 3 is 2.75 bits per heavy atom. The van der Waals surface area contributed by atoms with Crippen LogP contribution in [0.3, 0.4) is 0 Å². The fraction of sp³-hybridized carbons (Fsp3) is 0.857. The van der Waals surface area contributed by atoms with E-state index < -0.39 is 0 Å². The molecule has 2 aliphatic rings. The van der Waals surface area contributed by atoms with Crippen LogP contribution in [0, 0.1) is 0 Å². The van der Waals surface area contributed by atoms with Gasteiger partial charge in [0.1, 0.15) is 0 Å². The molecule has 0 aromatic carbocycles. The van der Waals surface area contributed by atoms with E-state index in [1.165, 1.54) is 12.8 Å². The monoisotopic (exact) mass is 279 g/mol. The van der Waals surface area contributed by atoms with Crippen molar-refractivity contribution in [3.05, 3.63) is 11.7 Å².